The lowest BCUT2D eigenvalue weighted by Crippen LogP contribution is -2.52. The highest BCUT2D eigenvalue weighted by Gasteiger charge is 2.64. The Hall–Kier alpha value is -1.45. The molecule has 0 bridgehead atoms. The average molecular weight is 478 g/mol. The molecule has 178 valence electrons. The van der Waals surface area contributed by atoms with Crippen molar-refractivity contribution in [1.29, 1.82) is 0 Å². The van der Waals surface area contributed by atoms with Gasteiger partial charge < -0.3 is 14.6 Å². The van der Waals surface area contributed by atoms with E-state index in [-0.39, 0.29) is 13.0 Å². The molecule has 0 aliphatic carbocycles. The van der Waals surface area contributed by atoms with Crippen molar-refractivity contribution >= 4 is 16.1 Å². The molecule has 0 spiro atoms. The van der Waals surface area contributed by atoms with Gasteiger partial charge in [0.05, 0.1) is 12.2 Å². The van der Waals surface area contributed by atoms with Gasteiger partial charge in [0.25, 0.3) is 0 Å². The second-order valence-corrected chi connectivity index (χ2v) is 7.97. The molecule has 2 unspecified atom stereocenters. The van der Waals surface area contributed by atoms with Crippen LogP contribution in [0.2, 0.25) is 0 Å². The van der Waals surface area contributed by atoms with Gasteiger partial charge in [0.2, 0.25) is 0 Å². The van der Waals surface area contributed by atoms with Crippen LogP contribution in [-0.2, 0) is 24.4 Å². The van der Waals surface area contributed by atoms with E-state index < -0.39 is 70.2 Å². The molecular weight excluding hydrogens is 457 g/mol. The Kier molecular flexibility index (Phi) is 9.31. The van der Waals surface area contributed by atoms with Gasteiger partial charge in [-0.1, -0.05) is 6.58 Å². The molecule has 0 aliphatic rings. The minimum atomic E-state index is -6.32. The van der Waals surface area contributed by atoms with Crippen molar-refractivity contribution in [3.05, 3.63) is 12.2 Å². The molecule has 0 fully saturated rings. The average Bonchev–Trinajstić information content (AvgIpc) is 2.55. The number of rotatable bonds is 12. The van der Waals surface area contributed by atoms with Crippen LogP contribution < -0.4 is 0 Å². The monoisotopic (exact) mass is 478 g/mol. The summed E-state index contributed by atoms with van der Waals surface area (Å²) in [5.41, 5.74) is -3.80. The van der Waals surface area contributed by atoms with Gasteiger partial charge in [0, 0.05) is 13.0 Å². The lowest BCUT2D eigenvalue weighted by atomic mass is 10.00. The Bertz CT molecular complexity index is 717. The summed E-state index contributed by atoms with van der Waals surface area (Å²) in [5.74, 6) is -6.37. The molecule has 15 heteroatoms. The number of carbonyl (C=O) groups is 1. The summed E-state index contributed by atoms with van der Waals surface area (Å²) in [4.78, 5) is 11.6. The zero-order valence-corrected chi connectivity index (χ0v) is 16.6. The topological polar surface area (TPSA) is 110 Å². The zero-order chi connectivity index (χ0) is 24.2. The van der Waals surface area contributed by atoms with Crippen molar-refractivity contribution in [3.63, 3.8) is 0 Å². The van der Waals surface area contributed by atoms with Crippen molar-refractivity contribution in [2.24, 2.45) is 0 Å². The lowest BCUT2D eigenvalue weighted by Gasteiger charge is -2.31. The first-order chi connectivity index (χ1) is 13.2. The highest BCUT2D eigenvalue weighted by molar-refractivity contribution is 7.87. The molecule has 0 saturated heterocycles. The SMILES string of the molecule is C=C(COCCCCC(F)(F)C(F)(F)S(=O)(=O)O)C(=O)OC(C)C(C)(O)C(F)(F)F. The van der Waals surface area contributed by atoms with E-state index in [9.17, 15) is 49.1 Å². The largest absolute Gasteiger partial charge is 0.456 e. The third-order valence-corrected chi connectivity index (χ3v) is 4.94. The van der Waals surface area contributed by atoms with Crippen LogP contribution in [0.5, 0.6) is 0 Å². The minimum absolute atomic E-state index is 0.293. The Labute approximate surface area is 167 Å². The maximum absolute atomic E-state index is 13.2. The molecule has 0 aromatic carbocycles. The molecule has 7 nitrogen and oxygen atoms in total. The molecule has 0 saturated carbocycles. The number of hydrogen-bond acceptors (Lipinski definition) is 6. The molecule has 30 heavy (non-hydrogen) atoms. The van der Waals surface area contributed by atoms with E-state index in [0.29, 0.717) is 6.92 Å². The molecule has 0 amide bonds. The highest BCUT2D eigenvalue weighted by atomic mass is 32.2. The molecule has 0 radical (unpaired) electrons. The van der Waals surface area contributed by atoms with Crippen LogP contribution in [0.3, 0.4) is 0 Å². The smallest absolute Gasteiger partial charge is 0.431 e. The van der Waals surface area contributed by atoms with Crippen LogP contribution in [0.4, 0.5) is 30.7 Å². The van der Waals surface area contributed by atoms with Crippen LogP contribution in [0.15, 0.2) is 12.2 Å². The fourth-order valence-electron chi connectivity index (χ4n) is 1.73. The Balaban J connectivity index is 4.41. The maximum atomic E-state index is 13.2. The van der Waals surface area contributed by atoms with Crippen molar-refractivity contribution in [2.45, 2.75) is 62.2 Å². The number of alkyl halides is 7. The fourth-order valence-corrected chi connectivity index (χ4v) is 2.21. The molecule has 2 atom stereocenters. The number of esters is 1. The molecule has 0 aromatic heterocycles. The normalized spacial score (nSPS) is 16.6. The first-order valence-corrected chi connectivity index (χ1v) is 9.60. The van der Waals surface area contributed by atoms with Gasteiger partial charge in [-0.15, -0.1) is 0 Å². The van der Waals surface area contributed by atoms with Crippen LogP contribution in [0.1, 0.15) is 33.1 Å². The number of carbonyl (C=O) groups excluding carboxylic acids is 1. The number of hydrogen-bond donors (Lipinski definition) is 2. The zero-order valence-electron chi connectivity index (χ0n) is 15.8. The first-order valence-electron chi connectivity index (χ1n) is 8.16. The van der Waals surface area contributed by atoms with Gasteiger partial charge in [-0.05, 0) is 26.7 Å². The van der Waals surface area contributed by atoms with E-state index in [2.05, 4.69) is 11.3 Å². The van der Waals surface area contributed by atoms with E-state index in [1.54, 1.807) is 0 Å². The minimum Gasteiger partial charge on any atom is -0.456 e. The number of halogens is 7. The summed E-state index contributed by atoms with van der Waals surface area (Å²) < 4.78 is 128. The molecule has 2 N–H and O–H groups in total. The number of aliphatic hydroxyl groups is 1. The maximum Gasteiger partial charge on any atom is 0.431 e. The second-order valence-electron chi connectivity index (χ2n) is 6.50. The van der Waals surface area contributed by atoms with Gasteiger partial charge in [-0.2, -0.15) is 39.2 Å². The third-order valence-electron chi connectivity index (χ3n) is 3.99. The highest BCUT2D eigenvalue weighted by Crippen LogP contribution is 2.41. The van der Waals surface area contributed by atoms with E-state index in [4.69, 9.17) is 9.29 Å². The predicted molar refractivity (Wildman–Crippen MR) is 87.5 cm³/mol. The predicted octanol–water partition coefficient (Wildman–Crippen LogP) is 3.09. The summed E-state index contributed by atoms with van der Waals surface area (Å²) in [7, 11) is -6.32. The molecule has 0 rings (SSSR count). The third kappa shape index (κ3) is 7.06. The number of ether oxygens (including phenoxy) is 2. The summed E-state index contributed by atoms with van der Waals surface area (Å²) in [6, 6.07) is 0. The van der Waals surface area contributed by atoms with Crippen molar-refractivity contribution in [1.82, 2.24) is 0 Å². The van der Waals surface area contributed by atoms with E-state index in [0.717, 1.165) is 6.92 Å². The summed E-state index contributed by atoms with van der Waals surface area (Å²) >= 11 is 0. The standard InChI is InChI=1S/C15H21F7O7S/c1-9(11(23)29-10(2)12(3,24)14(18,19)20)8-28-7-5-4-6-13(16,17)15(21,22)30(25,26)27/h10,24H,1,4-8H2,2-3H3,(H,25,26,27). The molecule has 0 heterocycles. The summed E-state index contributed by atoms with van der Waals surface area (Å²) in [6.45, 7) is 3.40. The van der Waals surface area contributed by atoms with Gasteiger partial charge >= 0.3 is 33.4 Å². The Morgan fingerprint density at radius 1 is 1.10 bits per heavy atom. The van der Waals surface area contributed by atoms with Crippen LogP contribution in [0.25, 0.3) is 0 Å². The van der Waals surface area contributed by atoms with Gasteiger partial charge in [-0.25, -0.2) is 4.79 Å². The van der Waals surface area contributed by atoms with Crippen molar-refractivity contribution in [2.75, 3.05) is 13.2 Å². The fraction of sp³-hybridized carbons (Fsp3) is 0.800. The van der Waals surface area contributed by atoms with Crippen molar-refractivity contribution in [3.8, 4) is 0 Å². The summed E-state index contributed by atoms with van der Waals surface area (Å²) in [6.07, 6.45) is -9.62. The lowest BCUT2D eigenvalue weighted by molar-refractivity contribution is -0.282. The van der Waals surface area contributed by atoms with Crippen LogP contribution in [-0.4, -0.2) is 66.3 Å². The summed E-state index contributed by atoms with van der Waals surface area (Å²) in [5, 5.41) is 3.69. The van der Waals surface area contributed by atoms with Crippen LogP contribution >= 0.6 is 0 Å². The molecule has 0 aliphatic heterocycles. The Morgan fingerprint density at radius 2 is 1.60 bits per heavy atom. The molecule has 0 aromatic rings. The van der Waals surface area contributed by atoms with Gasteiger partial charge in [0.15, 0.2) is 5.60 Å². The van der Waals surface area contributed by atoms with Gasteiger partial charge in [0.1, 0.15) is 6.10 Å². The second kappa shape index (κ2) is 9.78. The number of unbranched alkanes of at least 4 members (excludes halogenated alkanes) is 1. The Morgan fingerprint density at radius 3 is 2.03 bits per heavy atom. The van der Waals surface area contributed by atoms with E-state index >= 15 is 0 Å². The molecular formula is C15H21F7O7S. The first kappa shape index (κ1) is 28.5. The quantitative estimate of drug-likeness (QED) is 0.146. The van der Waals surface area contributed by atoms with Gasteiger partial charge in [-0.3, -0.25) is 4.55 Å². The van der Waals surface area contributed by atoms with E-state index in [1.807, 2.05) is 0 Å². The van der Waals surface area contributed by atoms with Crippen LogP contribution in [0, 0.1) is 0 Å². The van der Waals surface area contributed by atoms with E-state index in [1.165, 1.54) is 0 Å². The van der Waals surface area contributed by atoms with Crippen molar-refractivity contribution < 1.29 is 63.1 Å².